The zero-order chi connectivity index (χ0) is 72.5. The standard InChI is InChI=1S/2C36H21NOS.C30H17NOS/c1-4-13-30-29(10-1)34-31(21-20-28-26-9-3-6-15-33(26)39-36(28)34)37(30)23-18-16-22(17-19-23)24-11-7-12-27-25-8-2-5-14-32(25)38-35(24)27;1-4-10-30-28(9-1)35-31(19-18-27-26-8-3-6-12-34(26)39-36(27)35)37(30)24-16-13-22(14-17-24)23-15-20-33-29(21-23)25-7-2-5-11-32(25)38-33;1-4-12-23-22(10-1)28-24(17-16-21-19-9-3-6-15-27(19)33-30(21)28)31(23)25-13-7-11-20-18-8-2-5-14-26(18)32-29(20)25/h2*1-21H;1-17H. The van der Waals surface area contributed by atoms with Crippen LogP contribution in [0.1, 0.15) is 0 Å². The highest BCUT2D eigenvalue weighted by Crippen LogP contribution is 2.49. The molecule has 0 aliphatic carbocycles. The van der Waals surface area contributed by atoms with Gasteiger partial charge < -0.3 is 27.0 Å². The molecule has 518 valence electrons. The Morgan fingerprint density at radius 2 is 0.550 bits per heavy atom. The van der Waals surface area contributed by atoms with Crippen LogP contribution in [-0.2, 0) is 0 Å². The summed E-state index contributed by atoms with van der Waals surface area (Å²) < 4.78 is 34.0. The number of hydrogen-bond donors (Lipinski definition) is 0. The number of benzene rings is 17. The Hall–Kier alpha value is -13.8. The summed E-state index contributed by atoms with van der Waals surface area (Å²) >= 11 is 5.67. The molecule has 0 aliphatic heterocycles. The molecular weight excluding hydrogens is 1410 g/mol. The third-order valence-electron chi connectivity index (χ3n) is 22.8. The van der Waals surface area contributed by atoms with Crippen molar-refractivity contribution in [2.24, 2.45) is 0 Å². The predicted molar refractivity (Wildman–Crippen MR) is 474 cm³/mol. The van der Waals surface area contributed by atoms with Crippen molar-refractivity contribution in [2.75, 3.05) is 0 Å². The number of furan rings is 3. The first-order chi connectivity index (χ1) is 55.1. The van der Waals surface area contributed by atoms with Crippen LogP contribution in [-0.4, -0.2) is 13.7 Å². The minimum Gasteiger partial charge on any atom is -0.456 e. The quantitative estimate of drug-likeness (QED) is 0.173. The Morgan fingerprint density at radius 1 is 0.198 bits per heavy atom. The smallest absolute Gasteiger partial charge is 0.159 e. The minimum atomic E-state index is 0.924. The van der Waals surface area contributed by atoms with Crippen LogP contribution in [0.25, 0.3) is 231 Å². The second-order valence-corrected chi connectivity index (χ2v) is 32.0. The molecule has 0 fully saturated rings. The molecule has 111 heavy (non-hydrogen) atoms. The second-order valence-electron chi connectivity index (χ2n) is 28.8. The summed E-state index contributed by atoms with van der Waals surface area (Å²) in [6, 6.07) is 128. The van der Waals surface area contributed by atoms with E-state index in [2.05, 4.69) is 335 Å². The molecule has 9 aromatic heterocycles. The summed E-state index contributed by atoms with van der Waals surface area (Å²) in [5, 5.41) is 22.8. The first-order valence-electron chi connectivity index (χ1n) is 37.5. The molecule has 0 amide bonds. The fourth-order valence-electron chi connectivity index (χ4n) is 17.9. The molecule has 9 heterocycles. The fraction of sp³-hybridized carbons (Fsp3) is 0. The number of hydrogen-bond acceptors (Lipinski definition) is 6. The van der Waals surface area contributed by atoms with Crippen molar-refractivity contribution < 1.29 is 13.3 Å². The molecule has 17 aromatic carbocycles. The Labute approximate surface area is 645 Å². The van der Waals surface area contributed by atoms with Gasteiger partial charge in [0.15, 0.2) is 5.58 Å². The Balaban J connectivity index is 0.0000000975. The van der Waals surface area contributed by atoms with Crippen molar-refractivity contribution in [3.8, 4) is 39.3 Å². The van der Waals surface area contributed by atoms with Crippen molar-refractivity contribution in [3.63, 3.8) is 0 Å². The van der Waals surface area contributed by atoms with Gasteiger partial charge in [-0.2, -0.15) is 0 Å². The van der Waals surface area contributed by atoms with E-state index in [1.807, 2.05) is 70.4 Å². The lowest BCUT2D eigenvalue weighted by Gasteiger charge is -2.10. The van der Waals surface area contributed by atoms with Crippen LogP contribution in [0.15, 0.2) is 371 Å². The number of aromatic nitrogens is 3. The van der Waals surface area contributed by atoms with Gasteiger partial charge in [-0.3, -0.25) is 0 Å². The topological polar surface area (TPSA) is 54.2 Å². The summed E-state index contributed by atoms with van der Waals surface area (Å²) in [5.74, 6) is 0. The number of nitrogens with zero attached hydrogens (tertiary/aromatic N) is 3. The molecule has 9 heteroatoms. The summed E-state index contributed by atoms with van der Waals surface area (Å²) in [6.45, 7) is 0. The SMILES string of the molecule is c1ccc2c(c1)oc1c(-c3ccc(-n4c5ccccc5c5c6sc7ccccc7c6ccc54)cc3)cccc12.c1ccc2c(c1)oc1c(-n3c4ccccc4c4c5sc6ccccc6c5ccc43)cccc12.c1ccc2c(c1)oc1ccc(-c3ccc(-n4c5ccccc5c5c6sc7ccccc7c6ccc54)cc3)cc12. The molecule has 0 unspecified atom stereocenters. The van der Waals surface area contributed by atoms with Crippen LogP contribution >= 0.6 is 34.0 Å². The number of para-hydroxylation sites is 8. The van der Waals surface area contributed by atoms with Crippen LogP contribution in [0, 0.1) is 0 Å². The van der Waals surface area contributed by atoms with Crippen LogP contribution in [0.5, 0.6) is 0 Å². The Bertz CT molecular complexity index is 8340. The van der Waals surface area contributed by atoms with E-state index < -0.39 is 0 Å². The second kappa shape index (κ2) is 24.4. The lowest BCUT2D eigenvalue weighted by molar-refractivity contribution is 0.666. The molecule has 0 spiro atoms. The van der Waals surface area contributed by atoms with E-state index in [9.17, 15) is 0 Å². The van der Waals surface area contributed by atoms with Crippen LogP contribution in [0.4, 0.5) is 0 Å². The van der Waals surface area contributed by atoms with Crippen molar-refractivity contribution >= 4 is 226 Å². The highest BCUT2D eigenvalue weighted by Gasteiger charge is 2.24. The van der Waals surface area contributed by atoms with E-state index >= 15 is 0 Å². The average molecular weight is 1470 g/mol. The van der Waals surface area contributed by atoms with Gasteiger partial charge in [0, 0.05) is 142 Å². The summed E-state index contributed by atoms with van der Waals surface area (Å²) in [4.78, 5) is 0. The predicted octanol–water partition coefficient (Wildman–Crippen LogP) is 30.5. The fourth-order valence-corrected chi connectivity index (χ4v) is 21.7. The first kappa shape index (κ1) is 62.3. The molecule has 0 saturated heterocycles. The number of fused-ring (bicyclic) bond motifs is 30. The van der Waals surface area contributed by atoms with E-state index in [0.29, 0.717) is 0 Å². The molecule has 26 aromatic rings. The average Bonchev–Trinajstić information content (AvgIpc) is 1.57. The molecule has 0 aliphatic rings. The van der Waals surface area contributed by atoms with Crippen molar-refractivity contribution in [1.82, 2.24) is 13.7 Å². The third-order valence-corrected chi connectivity index (χ3v) is 26.5. The monoisotopic (exact) mass is 1470 g/mol. The Morgan fingerprint density at radius 3 is 1.05 bits per heavy atom. The van der Waals surface area contributed by atoms with E-state index in [1.54, 1.807) is 0 Å². The van der Waals surface area contributed by atoms with Gasteiger partial charge in [0.2, 0.25) is 0 Å². The highest BCUT2D eigenvalue weighted by atomic mass is 32.1. The minimum absolute atomic E-state index is 0.924. The van der Waals surface area contributed by atoms with Crippen LogP contribution in [0.2, 0.25) is 0 Å². The first-order valence-corrected chi connectivity index (χ1v) is 40.0. The van der Waals surface area contributed by atoms with Crippen molar-refractivity contribution in [3.05, 3.63) is 358 Å². The van der Waals surface area contributed by atoms with Crippen LogP contribution in [0.3, 0.4) is 0 Å². The van der Waals surface area contributed by atoms with Gasteiger partial charge in [0.1, 0.15) is 27.9 Å². The number of rotatable bonds is 5. The van der Waals surface area contributed by atoms with E-state index in [4.69, 9.17) is 13.3 Å². The molecule has 0 radical (unpaired) electrons. The maximum Gasteiger partial charge on any atom is 0.159 e. The largest absolute Gasteiger partial charge is 0.456 e. The zero-order valence-corrected chi connectivity index (χ0v) is 61.8. The maximum absolute atomic E-state index is 6.42. The number of thiophene rings is 3. The molecule has 26 rings (SSSR count). The molecule has 0 atom stereocenters. The summed E-state index contributed by atoms with van der Waals surface area (Å²) in [5.41, 5.74) is 21.0. The normalized spacial score (nSPS) is 12.1. The Kier molecular flexibility index (Phi) is 13.7. The zero-order valence-electron chi connectivity index (χ0n) is 59.4. The molecule has 6 nitrogen and oxygen atoms in total. The molecule has 0 N–H and O–H groups in total. The maximum atomic E-state index is 6.42. The van der Waals surface area contributed by atoms with Gasteiger partial charge >= 0.3 is 0 Å². The highest BCUT2D eigenvalue weighted by molar-refractivity contribution is 7.27. The van der Waals surface area contributed by atoms with Gasteiger partial charge in [0.05, 0.1) is 38.8 Å². The van der Waals surface area contributed by atoms with Gasteiger partial charge in [-0.25, -0.2) is 0 Å². The summed E-state index contributed by atoms with van der Waals surface area (Å²) in [7, 11) is 0. The van der Waals surface area contributed by atoms with Crippen molar-refractivity contribution in [1.29, 1.82) is 0 Å². The van der Waals surface area contributed by atoms with Gasteiger partial charge in [-0.05, 0) is 132 Å². The summed E-state index contributed by atoms with van der Waals surface area (Å²) in [6.07, 6.45) is 0. The molecular formula is C102H59N3O3S3. The van der Waals surface area contributed by atoms with E-state index in [-0.39, 0.29) is 0 Å². The van der Waals surface area contributed by atoms with E-state index in [1.165, 1.54) is 143 Å². The van der Waals surface area contributed by atoms with E-state index in [0.717, 1.165) is 88.3 Å². The molecule has 0 bridgehead atoms. The van der Waals surface area contributed by atoms with Gasteiger partial charge in [-0.1, -0.05) is 243 Å². The van der Waals surface area contributed by atoms with Gasteiger partial charge in [-0.15, -0.1) is 34.0 Å². The lowest BCUT2D eigenvalue weighted by Crippen LogP contribution is -1.94. The van der Waals surface area contributed by atoms with Crippen molar-refractivity contribution in [2.45, 2.75) is 0 Å². The third kappa shape index (κ3) is 9.41. The molecule has 0 saturated carbocycles. The van der Waals surface area contributed by atoms with Gasteiger partial charge in [0.25, 0.3) is 0 Å². The van der Waals surface area contributed by atoms with Crippen LogP contribution < -0.4 is 0 Å². The lowest BCUT2D eigenvalue weighted by atomic mass is 10.0.